The first kappa shape index (κ1) is 11.6. The number of anilines is 1. The van der Waals surface area contributed by atoms with E-state index in [0.29, 0.717) is 24.1 Å². The molecule has 4 heteroatoms. The molecule has 1 aliphatic rings. The van der Waals surface area contributed by atoms with E-state index < -0.39 is 5.41 Å². The standard InChI is InChI=1S/C13H13FN2O/c1-9-10(14)4-2-5-11(9)16-12(17)13(8-15)6-3-7-13/h2,4-5H,3,6-7H2,1H3,(H,16,17). The third-order valence-corrected chi connectivity index (χ3v) is 3.37. The highest BCUT2D eigenvalue weighted by atomic mass is 19.1. The third kappa shape index (κ3) is 1.89. The molecule has 1 N–H and O–H groups in total. The van der Waals surface area contributed by atoms with Crippen molar-refractivity contribution in [2.45, 2.75) is 26.2 Å². The maximum Gasteiger partial charge on any atom is 0.244 e. The van der Waals surface area contributed by atoms with Gasteiger partial charge in [0, 0.05) is 11.3 Å². The summed E-state index contributed by atoms with van der Waals surface area (Å²) in [6.45, 7) is 1.60. The van der Waals surface area contributed by atoms with Crippen LogP contribution in [-0.2, 0) is 4.79 Å². The van der Waals surface area contributed by atoms with Crippen molar-refractivity contribution in [2.75, 3.05) is 5.32 Å². The van der Waals surface area contributed by atoms with Crippen LogP contribution in [0.3, 0.4) is 0 Å². The highest BCUT2D eigenvalue weighted by Gasteiger charge is 2.44. The molecule has 1 aliphatic carbocycles. The Morgan fingerprint density at radius 1 is 1.53 bits per heavy atom. The van der Waals surface area contributed by atoms with E-state index in [0.717, 1.165) is 6.42 Å². The summed E-state index contributed by atoms with van der Waals surface area (Å²) in [5, 5.41) is 11.7. The second kappa shape index (κ2) is 4.17. The smallest absolute Gasteiger partial charge is 0.244 e. The summed E-state index contributed by atoms with van der Waals surface area (Å²) in [5.41, 5.74) is -0.0662. The second-order valence-corrected chi connectivity index (χ2v) is 4.41. The summed E-state index contributed by atoms with van der Waals surface area (Å²) in [7, 11) is 0. The number of halogens is 1. The molecule has 0 bridgehead atoms. The van der Waals surface area contributed by atoms with Crippen LogP contribution in [0.4, 0.5) is 10.1 Å². The first-order valence-corrected chi connectivity index (χ1v) is 5.57. The van der Waals surface area contributed by atoms with Gasteiger partial charge in [0.1, 0.15) is 11.2 Å². The highest BCUT2D eigenvalue weighted by molar-refractivity contribution is 5.98. The zero-order valence-corrected chi connectivity index (χ0v) is 9.59. The molecule has 1 amide bonds. The van der Waals surface area contributed by atoms with Crippen LogP contribution >= 0.6 is 0 Å². The number of nitrogens with one attached hydrogen (secondary N) is 1. The molecule has 0 atom stereocenters. The summed E-state index contributed by atoms with van der Waals surface area (Å²) in [4.78, 5) is 12.0. The fraction of sp³-hybridized carbons (Fsp3) is 0.385. The molecular formula is C13H13FN2O. The third-order valence-electron chi connectivity index (χ3n) is 3.37. The Balaban J connectivity index is 2.19. The fourth-order valence-electron chi connectivity index (χ4n) is 1.90. The highest BCUT2D eigenvalue weighted by Crippen LogP contribution is 2.41. The number of hydrogen-bond acceptors (Lipinski definition) is 2. The number of nitrogens with zero attached hydrogens (tertiary/aromatic N) is 1. The van der Waals surface area contributed by atoms with E-state index >= 15 is 0 Å². The molecule has 0 spiro atoms. The lowest BCUT2D eigenvalue weighted by molar-refractivity contribution is -0.126. The van der Waals surface area contributed by atoms with Gasteiger partial charge in [0.2, 0.25) is 5.91 Å². The second-order valence-electron chi connectivity index (χ2n) is 4.41. The molecule has 1 aromatic carbocycles. The zero-order valence-electron chi connectivity index (χ0n) is 9.59. The van der Waals surface area contributed by atoms with Crippen LogP contribution in [0, 0.1) is 29.5 Å². The molecule has 3 nitrogen and oxygen atoms in total. The minimum atomic E-state index is -0.904. The van der Waals surface area contributed by atoms with Gasteiger partial charge < -0.3 is 5.32 Å². The van der Waals surface area contributed by atoms with Gasteiger partial charge >= 0.3 is 0 Å². The monoisotopic (exact) mass is 232 g/mol. The van der Waals surface area contributed by atoms with Crippen LogP contribution in [0.15, 0.2) is 18.2 Å². The number of benzene rings is 1. The molecule has 0 heterocycles. The van der Waals surface area contributed by atoms with E-state index in [9.17, 15) is 9.18 Å². The maximum absolute atomic E-state index is 13.3. The van der Waals surface area contributed by atoms with Gasteiger partial charge in [-0.2, -0.15) is 5.26 Å². The number of nitriles is 1. The number of carbonyl (C=O) groups is 1. The van der Waals surface area contributed by atoms with Crippen LogP contribution in [0.25, 0.3) is 0 Å². The summed E-state index contributed by atoms with van der Waals surface area (Å²) in [6.07, 6.45) is 2.07. The normalized spacial score (nSPS) is 16.8. The SMILES string of the molecule is Cc1c(F)cccc1NC(=O)C1(C#N)CCC1. The molecular weight excluding hydrogens is 219 g/mol. The van der Waals surface area contributed by atoms with Crippen molar-refractivity contribution < 1.29 is 9.18 Å². The van der Waals surface area contributed by atoms with E-state index in [1.807, 2.05) is 0 Å². The molecule has 0 radical (unpaired) electrons. The van der Waals surface area contributed by atoms with Crippen molar-refractivity contribution >= 4 is 11.6 Å². The van der Waals surface area contributed by atoms with E-state index in [1.165, 1.54) is 12.1 Å². The van der Waals surface area contributed by atoms with Gasteiger partial charge in [0.05, 0.1) is 6.07 Å². The summed E-state index contributed by atoms with van der Waals surface area (Å²) in [5.74, 6) is -0.678. The van der Waals surface area contributed by atoms with Gasteiger partial charge in [-0.05, 0) is 38.3 Å². The van der Waals surface area contributed by atoms with E-state index in [4.69, 9.17) is 5.26 Å². The molecule has 88 valence electrons. The average Bonchev–Trinajstić information content (AvgIpc) is 2.24. The number of carbonyl (C=O) groups excluding carboxylic acids is 1. The van der Waals surface area contributed by atoms with Gasteiger partial charge in [-0.3, -0.25) is 4.79 Å². The Morgan fingerprint density at radius 3 is 2.76 bits per heavy atom. The zero-order chi connectivity index (χ0) is 12.5. The van der Waals surface area contributed by atoms with Crippen molar-refractivity contribution in [3.05, 3.63) is 29.6 Å². The van der Waals surface area contributed by atoms with E-state index in [2.05, 4.69) is 11.4 Å². The molecule has 1 saturated carbocycles. The molecule has 2 rings (SSSR count). The maximum atomic E-state index is 13.3. The van der Waals surface area contributed by atoms with Crippen molar-refractivity contribution in [3.63, 3.8) is 0 Å². The molecule has 0 aromatic heterocycles. The van der Waals surface area contributed by atoms with Crippen molar-refractivity contribution in [2.24, 2.45) is 5.41 Å². The Bertz CT molecular complexity index is 501. The summed E-state index contributed by atoms with van der Waals surface area (Å²) < 4.78 is 13.3. The van der Waals surface area contributed by atoms with Gasteiger partial charge in [0.15, 0.2) is 0 Å². The molecule has 0 aliphatic heterocycles. The largest absolute Gasteiger partial charge is 0.324 e. The lowest BCUT2D eigenvalue weighted by atomic mass is 9.69. The Kier molecular flexibility index (Phi) is 2.84. The Morgan fingerprint density at radius 2 is 2.24 bits per heavy atom. The van der Waals surface area contributed by atoms with Crippen molar-refractivity contribution in [3.8, 4) is 6.07 Å². The fourth-order valence-corrected chi connectivity index (χ4v) is 1.90. The first-order valence-electron chi connectivity index (χ1n) is 5.57. The van der Waals surface area contributed by atoms with Gasteiger partial charge in [0.25, 0.3) is 0 Å². The molecule has 0 unspecified atom stereocenters. The topological polar surface area (TPSA) is 52.9 Å². The van der Waals surface area contributed by atoms with Crippen LogP contribution < -0.4 is 5.32 Å². The van der Waals surface area contributed by atoms with Gasteiger partial charge in [-0.1, -0.05) is 6.07 Å². The number of amides is 1. The van der Waals surface area contributed by atoms with Gasteiger partial charge in [-0.25, -0.2) is 4.39 Å². The van der Waals surface area contributed by atoms with Crippen LogP contribution in [0.1, 0.15) is 24.8 Å². The molecule has 1 aromatic rings. The molecule has 0 saturated heterocycles. The lowest BCUT2D eigenvalue weighted by Crippen LogP contribution is -2.40. The predicted octanol–water partition coefficient (Wildman–Crippen LogP) is 2.77. The van der Waals surface area contributed by atoms with Gasteiger partial charge in [-0.15, -0.1) is 0 Å². The van der Waals surface area contributed by atoms with Crippen molar-refractivity contribution in [1.29, 1.82) is 5.26 Å². The summed E-state index contributed by atoms with van der Waals surface area (Å²) >= 11 is 0. The average molecular weight is 232 g/mol. The van der Waals surface area contributed by atoms with Crippen LogP contribution in [0.5, 0.6) is 0 Å². The Hall–Kier alpha value is -1.89. The number of rotatable bonds is 2. The van der Waals surface area contributed by atoms with Crippen LogP contribution in [0.2, 0.25) is 0 Å². The lowest BCUT2D eigenvalue weighted by Gasteiger charge is -2.33. The summed E-state index contributed by atoms with van der Waals surface area (Å²) in [6, 6.07) is 6.58. The quantitative estimate of drug-likeness (QED) is 0.852. The number of hydrogen-bond donors (Lipinski definition) is 1. The van der Waals surface area contributed by atoms with E-state index in [1.54, 1.807) is 13.0 Å². The molecule has 17 heavy (non-hydrogen) atoms. The predicted molar refractivity (Wildman–Crippen MR) is 61.7 cm³/mol. The Labute approximate surface area is 99.2 Å². The minimum Gasteiger partial charge on any atom is -0.324 e. The van der Waals surface area contributed by atoms with Crippen LogP contribution in [-0.4, -0.2) is 5.91 Å². The van der Waals surface area contributed by atoms with E-state index in [-0.39, 0.29) is 11.7 Å². The minimum absolute atomic E-state index is 0.319. The van der Waals surface area contributed by atoms with Crippen molar-refractivity contribution in [1.82, 2.24) is 0 Å². The molecule has 1 fully saturated rings. The first-order chi connectivity index (χ1) is 8.09.